The molecule has 0 aliphatic carbocycles. The Morgan fingerprint density at radius 1 is 1.20 bits per heavy atom. The highest BCUT2D eigenvalue weighted by atomic mass is 16.5. The Morgan fingerprint density at radius 2 is 1.90 bits per heavy atom. The van der Waals surface area contributed by atoms with Gasteiger partial charge < -0.3 is 15.0 Å². The Labute approximate surface area is 176 Å². The molecular formula is C22H29N3O5. The van der Waals surface area contributed by atoms with Crippen LogP contribution in [0, 0.1) is 6.92 Å². The largest absolute Gasteiger partial charge is 0.454 e. The summed E-state index contributed by atoms with van der Waals surface area (Å²) >= 11 is 0. The summed E-state index contributed by atoms with van der Waals surface area (Å²) in [6.45, 7) is 5.32. The number of imide groups is 1. The Kier molecular flexibility index (Phi) is 6.43. The van der Waals surface area contributed by atoms with Crippen LogP contribution in [-0.4, -0.2) is 59.4 Å². The number of urea groups is 1. The summed E-state index contributed by atoms with van der Waals surface area (Å²) in [6, 6.07) is 6.77. The van der Waals surface area contributed by atoms with Gasteiger partial charge in [0.25, 0.3) is 11.8 Å². The first-order chi connectivity index (χ1) is 14.3. The molecule has 0 spiro atoms. The molecule has 0 unspecified atom stereocenters. The predicted molar refractivity (Wildman–Crippen MR) is 109 cm³/mol. The molecule has 3 rings (SSSR count). The van der Waals surface area contributed by atoms with E-state index in [1.807, 2.05) is 26.0 Å². The van der Waals surface area contributed by atoms with Gasteiger partial charge in [-0.05, 0) is 45.1 Å². The van der Waals surface area contributed by atoms with Crippen molar-refractivity contribution in [3.8, 4) is 0 Å². The van der Waals surface area contributed by atoms with E-state index in [1.54, 1.807) is 24.0 Å². The number of aryl methyl sites for hydroxylation is 1. The van der Waals surface area contributed by atoms with Crippen molar-refractivity contribution in [2.45, 2.75) is 58.0 Å². The van der Waals surface area contributed by atoms with E-state index in [0.717, 1.165) is 36.1 Å². The van der Waals surface area contributed by atoms with Crippen LogP contribution in [0.15, 0.2) is 24.3 Å². The van der Waals surface area contributed by atoms with Gasteiger partial charge in [-0.15, -0.1) is 0 Å². The molecule has 8 heteroatoms. The summed E-state index contributed by atoms with van der Waals surface area (Å²) in [5.74, 6) is -1.55. The van der Waals surface area contributed by atoms with E-state index in [0.29, 0.717) is 12.1 Å². The molecule has 8 nitrogen and oxygen atoms in total. The third-order valence-electron chi connectivity index (χ3n) is 5.97. The van der Waals surface area contributed by atoms with Crippen LogP contribution in [0.4, 0.5) is 4.79 Å². The smallest absolute Gasteiger partial charge is 0.326 e. The highest BCUT2D eigenvalue weighted by molar-refractivity contribution is 6.08. The quantitative estimate of drug-likeness (QED) is 0.567. The SMILES string of the molecule is CC[C@@H]1CCCCN1C(=O)COC(=O)CN1C(=O)N[C@](C)(c2ccc(C)cc2)C1=O. The minimum absolute atomic E-state index is 0.172. The summed E-state index contributed by atoms with van der Waals surface area (Å²) in [7, 11) is 0. The molecule has 2 aliphatic rings. The van der Waals surface area contributed by atoms with E-state index in [9.17, 15) is 19.2 Å². The second-order valence-electron chi connectivity index (χ2n) is 8.12. The van der Waals surface area contributed by atoms with Crippen LogP contribution < -0.4 is 5.32 Å². The van der Waals surface area contributed by atoms with E-state index in [4.69, 9.17) is 4.74 Å². The minimum Gasteiger partial charge on any atom is -0.454 e. The van der Waals surface area contributed by atoms with Crippen molar-refractivity contribution in [2.24, 2.45) is 0 Å². The zero-order valence-corrected chi connectivity index (χ0v) is 17.8. The monoisotopic (exact) mass is 415 g/mol. The molecule has 4 amide bonds. The van der Waals surface area contributed by atoms with Crippen molar-refractivity contribution < 1.29 is 23.9 Å². The highest BCUT2D eigenvalue weighted by Gasteiger charge is 2.49. The molecule has 2 atom stereocenters. The Balaban J connectivity index is 1.58. The zero-order valence-electron chi connectivity index (χ0n) is 17.8. The fourth-order valence-corrected chi connectivity index (χ4v) is 4.08. The van der Waals surface area contributed by atoms with E-state index in [1.165, 1.54) is 0 Å². The maximum atomic E-state index is 12.9. The van der Waals surface area contributed by atoms with Crippen molar-refractivity contribution in [1.29, 1.82) is 0 Å². The minimum atomic E-state index is -1.25. The summed E-state index contributed by atoms with van der Waals surface area (Å²) in [5, 5.41) is 2.66. The van der Waals surface area contributed by atoms with Gasteiger partial charge in [0, 0.05) is 12.6 Å². The number of amides is 4. The lowest BCUT2D eigenvalue weighted by Gasteiger charge is -2.35. The van der Waals surface area contributed by atoms with Crippen molar-refractivity contribution in [1.82, 2.24) is 15.1 Å². The molecule has 0 aromatic heterocycles. The number of piperidine rings is 1. The number of ether oxygens (including phenoxy) is 1. The van der Waals surface area contributed by atoms with E-state index >= 15 is 0 Å². The standard InChI is InChI=1S/C22H29N3O5/c1-4-17-7-5-6-12-24(17)18(26)14-30-19(27)13-25-20(28)22(3,23-21(25)29)16-10-8-15(2)9-11-16/h8-11,17H,4-7,12-14H2,1-3H3,(H,23,29)/t17-,22-/m1/s1. The molecule has 1 aromatic carbocycles. The number of esters is 1. The van der Waals surface area contributed by atoms with Gasteiger partial charge in [0.1, 0.15) is 12.1 Å². The van der Waals surface area contributed by atoms with Gasteiger partial charge in [-0.3, -0.25) is 19.3 Å². The molecule has 2 heterocycles. The van der Waals surface area contributed by atoms with Gasteiger partial charge in [0.2, 0.25) is 0 Å². The lowest BCUT2D eigenvalue weighted by molar-refractivity contribution is -0.155. The molecule has 30 heavy (non-hydrogen) atoms. The Morgan fingerprint density at radius 3 is 2.57 bits per heavy atom. The zero-order chi connectivity index (χ0) is 21.9. The number of carbonyl (C=O) groups excluding carboxylic acids is 4. The van der Waals surface area contributed by atoms with Crippen LogP contribution in [0.5, 0.6) is 0 Å². The van der Waals surface area contributed by atoms with Gasteiger partial charge in [0.05, 0.1) is 0 Å². The van der Waals surface area contributed by atoms with Crippen molar-refractivity contribution in [3.63, 3.8) is 0 Å². The number of hydrogen-bond acceptors (Lipinski definition) is 5. The number of nitrogens with one attached hydrogen (secondary N) is 1. The second kappa shape index (κ2) is 8.85. The summed E-state index contributed by atoms with van der Waals surface area (Å²) in [6.07, 6.45) is 3.85. The maximum Gasteiger partial charge on any atom is 0.326 e. The van der Waals surface area contributed by atoms with Crippen LogP contribution in [0.2, 0.25) is 0 Å². The van der Waals surface area contributed by atoms with Gasteiger partial charge >= 0.3 is 12.0 Å². The molecule has 2 aliphatic heterocycles. The normalized spacial score (nSPS) is 24.0. The molecule has 162 valence electrons. The highest BCUT2D eigenvalue weighted by Crippen LogP contribution is 2.29. The fraction of sp³-hybridized carbons (Fsp3) is 0.545. The van der Waals surface area contributed by atoms with E-state index < -0.39 is 30.0 Å². The third kappa shape index (κ3) is 4.32. The van der Waals surface area contributed by atoms with Crippen molar-refractivity contribution in [3.05, 3.63) is 35.4 Å². The Hall–Kier alpha value is -2.90. The fourth-order valence-electron chi connectivity index (χ4n) is 4.08. The number of carbonyl (C=O) groups is 4. The van der Waals surface area contributed by atoms with Crippen molar-refractivity contribution >= 4 is 23.8 Å². The summed E-state index contributed by atoms with van der Waals surface area (Å²) in [5.41, 5.74) is 0.416. The van der Waals surface area contributed by atoms with Crippen LogP contribution in [0.3, 0.4) is 0 Å². The van der Waals surface area contributed by atoms with Crippen LogP contribution >= 0.6 is 0 Å². The van der Waals surface area contributed by atoms with E-state index in [2.05, 4.69) is 5.32 Å². The molecule has 1 N–H and O–H groups in total. The number of hydrogen-bond donors (Lipinski definition) is 1. The number of rotatable bonds is 6. The molecule has 2 saturated heterocycles. The van der Waals surface area contributed by atoms with Crippen molar-refractivity contribution in [2.75, 3.05) is 19.7 Å². The van der Waals surface area contributed by atoms with Crippen LogP contribution in [0.25, 0.3) is 0 Å². The van der Waals surface area contributed by atoms with Crippen LogP contribution in [0.1, 0.15) is 50.7 Å². The topological polar surface area (TPSA) is 96.0 Å². The number of nitrogens with zero attached hydrogens (tertiary/aromatic N) is 2. The second-order valence-corrected chi connectivity index (χ2v) is 8.12. The first-order valence-electron chi connectivity index (χ1n) is 10.4. The van der Waals surface area contributed by atoms with Gasteiger partial charge in [-0.25, -0.2) is 4.79 Å². The number of benzene rings is 1. The van der Waals surface area contributed by atoms with Gasteiger partial charge in [0.15, 0.2) is 6.61 Å². The van der Waals surface area contributed by atoms with E-state index in [-0.39, 0.29) is 18.6 Å². The third-order valence-corrected chi connectivity index (χ3v) is 5.97. The number of likely N-dealkylation sites (tertiary alicyclic amines) is 1. The predicted octanol–water partition coefficient (Wildman–Crippen LogP) is 2.10. The lowest BCUT2D eigenvalue weighted by atomic mass is 9.91. The average Bonchev–Trinajstić information content (AvgIpc) is 2.96. The lowest BCUT2D eigenvalue weighted by Crippen LogP contribution is -2.46. The molecule has 0 bridgehead atoms. The van der Waals surface area contributed by atoms with Gasteiger partial charge in [-0.1, -0.05) is 36.8 Å². The average molecular weight is 415 g/mol. The summed E-state index contributed by atoms with van der Waals surface area (Å²) < 4.78 is 5.09. The molecule has 0 saturated carbocycles. The summed E-state index contributed by atoms with van der Waals surface area (Å²) in [4.78, 5) is 52.5. The molecular weight excluding hydrogens is 386 g/mol. The van der Waals surface area contributed by atoms with Gasteiger partial charge in [-0.2, -0.15) is 0 Å². The Bertz CT molecular complexity index is 838. The molecule has 1 aromatic rings. The molecule has 0 radical (unpaired) electrons. The maximum absolute atomic E-state index is 12.9. The first kappa shape index (κ1) is 21.8. The molecule has 2 fully saturated rings. The van der Waals surface area contributed by atoms with Crippen LogP contribution in [-0.2, 0) is 24.7 Å². The first-order valence-corrected chi connectivity index (χ1v) is 10.4.